The van der Waals surface area contributed by atoms with Gasteiger partial charge in [-0.1, -0.05) is 17.7 Å². The van der Waals surface area contributed by atoms with E-state index in [0.717, 1.165) is 91.2 Å². The lowest BCUT2D eigenvalue weighted by atomic mass is 9.85. The first-order valence-corrected chi connectivity index (χ1v) is 17.9. The molecule has 3 fully saturated rings. The van der Waals surface area contributed by atoms with E-state index in [2.05, 4.69) is 32.7 Å². The van der Waals surface area contributed by atoms with Crippen LogP contribution in [0.1, 0.15) is 89.0 Å². The highest BCUT2D eigenvalue weighted by Gasteiger charge is 2.28. The molecule has 1 unspecified atom stereocenters. The third-order valence-electron chi connectivity index (χ3n) is 9.71. The van der Waals surface area contributed by atoms with Gasteiger partial charge in [-0.3, -0.25) is 0 Å². The Kier molecular flexibility index (Phi) is 9.57. The van der Waals surface area contributed by atoms with Crippen LogP contribution < -0.4 is 10.2 Å². The average Bonchev–Trinajstić information content (AvgIpc) is 3.83. The number of amides is 1. The standard InChI is InChI=1S/C37H49N9O3/c1-37(2,3)49-36(47)45(20-26-9-8-10-26)22-27-12-13-34-39-28(23-44(34)21-27)24-46-25-33(41-42-46)30-17-29(43-14-5-6-15-43)18-32(31(30)19-38)40-35-11-4-7-16-48-35/h12-13,17-19,21,23,25-26,35,38,40H,4-11,14-16,20,22,24H2,1-3H3. The summed E-state index contributed by atoms with van der Waals surface area (Å²) in [6, 6.07) is 8.33. The molecule has 3 aromatic heterocycles. The van der Waals surface area contributed by atoms with E-state index in [9.17, 15) is 4.79 Å². The van der Waals surface area contributed by atoms with Crippen molar-refractivity contribution in [2.24, 2.45) is 5.92 Å². The molecule has 5 heterocycles. The van der Waals surface area contributed by atoms with E-state index >= 15 is 0 Å². The number of carbonyl (C=O) groups excluding carboxylic acids is 1. The maximum Gasteiger partial charge on any atom is 0.410 e. The van der Waals surface area contributed by atoms with Gasteiger partial charge in [0, 0.05) is 67.4 Å². The molecule has 3 aliphatic rings. The molecule has 49 heavy (non-hydrogen) atoms. The van der Waals surface area contributed by atoms with Crippen LogP contribution in [-0.2, 0) is 22.6 Å². The number of pyridine rings is 1. The Morgan fingerprint density at radius 1 is 1.08 bits per heavy atom. The second kappa shape index (κ2) is 14.2. The van der Waals surface area contributed by atoms with Crippen molar-refractivity contribution >= 4 is 29.3 Å². The van der Waals surface area contributed by atoms with Gasteiger partial charge in [0.2, 0.25) is 0 Å². The summed E-state index contributed by atoms with van der Waals surface area (Å²) >= 11 is 0. The summed E-state index contributed by atoms with van der Waals surface area (Å²) in [7, 11) is 0. The minimum Gasteiger partial charge on any atom is -0.444 e. The SMILES string of the molecule is CC(C)(C)OC(=O)N(Cc1ccc2nc(Cn3cc(-c4cc(N5CCCC5)cc(NC5CCCCO5)c4C=N)nn3)cn2c1)CC1CCC1. The van der Waals surface area contributed by atoms with Crippen molar-refractivity contribution in [3.63, 3.8) is 0 Å². The van der Waals surface area contributed by atoms with Gasteiger partial charge in [-0.05, 0) is 95.4 Å². The number of aromatic nitrogens is 5. The van der Waals surface area contributed by atoms with E-state index < -0.39 is 5.60 Å². The molecule has 260 valence electrons. The van der Waals surface area contributed by atoms with Gasteiger partial charge in [0.25, 0.3) is 0 Å². The number of rotatable bonds is 11. The number of nitrogens with zero attached hydrogens (tertiary/aromatic N) is 7. The molecular weight excluding hydrogens is 618 g/mol. The maximum atomic E-state index is 13.1. The molecule has 0 spiro atoms. The van der Waals surface area contributed by atoms with E-state index in [1.54, 1.807) is 4.68 Å². The van der Waals surface area contributed by atoms with Crippen LogP contribution >= 0.6 is 0 Å². The number of ether oxygens (including phenoxy) is 2. The number of fused-ring (bicyclic) bond motifs is 1. The molecule has 2 aliphatic heterocycles. The predicted octanol–water partition coefficient (Wildman–Crippen LogP) is 6.71. The highest BCUT2D eigenvalue weighted by atomic mass is 16.6. The molecule has 2 N–H and O–H groups in total. The highest BCUT2D eigenvalue weighted by Crippen LogP contribution is 2.35. The summed E-state index contributed by atoms with van der Waals surface area (Å²) in [6.07, 6.45) is 16.1. The van der Waals surface area contributed by atoms with Gasteiger partial charge in [-0.25, -0.2) is 14.5 Å². The van der Waals surface area contributed by atoms with Crippen molar-refractivity contribution in [2.45, 2.75) is 97.1 Å². The molecule has 4 aromatic rings. The molecule has 1 aromatic carbocycles. The van der Waals surface area contributed by atoms with Gasteiger partial charge in [0.05, 0.1) is 25.0 Å². The normalized spacial score (nSPS) is 18.4. The Morgan fingerprint density at radius 2 is 1.92 bits per heavy atom. The van der Waals surface area contributed by atoms with Crippen LogP contribution in [0.5, 0.6) is 0 Å². The third kappa shape index (κ3) is 7.90. The van der Waals surface area contributed by atoms with Crippen LogP contribution in [0.25, 0.3) is 16.9 Å². The van der Waals surface area contributed by atoms with Crippen molar-refractivity contribution in [3.8, 4) is 11.3 Å². The minimum atomic E-state index is -0.542. The Bertz CT molecular complexity index is 1780. The first-order valence-electron chi connectivity index (χ1n) is 17.9. The van der Waals surface area contributed by atoms with Crippen molar-refractivity contribution in [2.75, 3.05) is 36.5 Å². The summed E-state index contributed by atoms with van der Waals surface area (Å²) in [5, 5.41) is 21.0. The zero-order valence-electron chi connectivity index (χ0n) is 29.0. The van der Waals surface area contributed by atoms with Crippen molar-refractivity contribution in [1.29, 1.82) is 5.41 Å². The molecule has 2 saturated heterocycles. The second-order valence-corrected chi connectivity index (χ2v) is 14.8. The summed E-state index contributed by atoms with van der Waals surface area (Å²) < 4.78 is 15.6. The maximum absolute atomic E-state index is 13.1. The van der Waals surface area contributed by atoms with E-state index in [-0.39, 0.29) is 12.3 Å². The monoisotopic (exact) mass is 667 g/mol. The van der Waals surface area contributed by atoms with Crippen LogP contribution in [0.15, 0.2) is 42.9 Å². The zero-order chi connectivity index (χ0) is 34.0. The Morgan fingerprint density at radius 3 is 2.63 bits per heavy atom. The third-order valence-corrected chi connectivity index (χ3v) is 9.71. The van der Waals surface area contributed by atoms with Crippen LogP contribution in [0.4, 0.5) is 16.2 Å². The number of nitrogens with one attached hydrogen (secondary N) is 2. The molecule has 1 amide bonds. The Balaban J connectivity index is 1.10. The smallest absolute Gasteiger partial charge is 0.410 e. The second-order valence-electron chi connectivity index (χ2n) is 14.8. The first kappa shape index (κ1) is 33.1. The lowest BCUT2D eigenvalue weighted by molar-refractivity contribution is 0.0173. The predicted molar refractivity (Wildman–Crippen MR) is 190 cm³/mol. The molecule has 7 rings (SSSR count). The Hall–Kier alpha value is -4.45. The van der Waals surface area contributed by atoms with Gasteiger partial charge in [0.1, 0.15) is 23.2 Å². The molecule has 1 atom stereocenters. The highest BCUT2D eigenvalue weighted by molar-refractivity contribution is 5.97. The van der Waals surface area contributed by atoms with E-state index in [1.165, 1.54) is 25.5 Å². The van der Waals surface area contributed by atoms with E-state index in [0.29, 0.717) is 31.2 Å². The van der Waals surface area contributed by atoms with Crippen LogP contribution in [0.3, 0.4) is 0 Å². The van der Waals surface area contributed by atoms with Gasteiger partial charge in [0.15, 0.2) is 0 Å². The van der Waals surface area contributed by atoms with Gasteiger partial charge >= 0.3 is 6.09 Å². The van der Waals surface area contributed by atoms with Gasteiger partial charge < -0.3 is 34.4 Å². The minimum absolute atomic E-state index is 0.0662. The Labute approximate surface area is 288 Å². The summed E-state index contributed by atoms with van der Waals surface area (Å²) in [6.45, 7) is 10.1. The van der Waals surface area contributed by atoms with Crippen molar-refractivity contribution < 1.29 is 14.3 Å². The van der Waals surface area contributed by atoms with E-state index in [4.69, 9.17) is 19.9 Å². The van der Waals surface area contributed by atoms with E-state index in [1.807, 2.05) is 60.8 Å². The molecule has 0 radical (unpaired) electrons. The average molecular weight is 668 g/mol. The molecule has 12 heteroatoms. The number of hydrogen-bond acceptors (Lipinski definition) is 9. The fraction of sp³-hybridized carbons (Fsp3) is 0.541. The molecule has 1 aliphatic carbocycles. The van der Waals surface area contributed by atoms with Crippen LogP contribution in [0, 0.1) is 11.3 Å². The number of hydrogen-bond donors (Lipinski definition) is 2. The number of carbonyl (C=O) groups is 1. The fourth-order valence-corrected chi connectivity index (χ4v) is 6.97. The molecular formula is C37H49N9O3. The molecule has 0 bridgehead atoms. The number of anilines is 2. The lowest BCUT2D eigenvalue weighted by Crippen LogP contribution is -2.40. The van der Waals surface area contributed by atoms with Crippen molar-refractivity contribution in [3.05, 3.63) is 59.7 Å². The summed E-state index contributed by atoms with van der Waals surface area (Å²) in [5.74, 6) is 0.537. The molecule has 12 nitrogen and oxygen atoms in total. The molecule has 1 saturated carbocycles. The number of imidazole rings is 1. The largest absolute Gasteiger partial charge is 0.444 e. The quantitative estimate of drug-likeness (QED) is 0.169. The van der Waals surface area contributed by atoms with Crippen LogP contribution in [-0.4, -0.2) is 79.7 Å². The zero-order valence-corrected chi connectivity index (χ0v) is 29.0. The first-order chi connectivity index (χ1) is 23.7. The fourth-order valence-electron chi connectivity index (χ4n) is 6.97. The topological polar surface area (TPSA) is 126 Å². The summed E-state index contributed by atoms with van der Waals surface area (Å²) in [5.41, 5.74) is 6.54. The van der Waals surface area contributed by atoms with Gasteiger partial charge in [-0.2, -0.15) is 0 Å². The van der Waals surface area contributed by atoms with Gasteiger partial charge in [-0.15, -0.1) is 5.10 Å². The summed E-state index contributed by atoms with van der Waals surface area (Å²) in [4.78, 5) is 22.2. The van der Waals surface area contributed by atoms with Crippen molar-refractivity contribution in [1.82, 2.24) is 29.3 Å². The number of benzene rings is 1. The lowest BCUT2D eigenvalue weighted by Gasteiger charge is -2.33. The van der Waals surface area contributed by atoms with Crippen LogP contribution in [0.2, 0.25) is 0 Å².